The molecule has 1 aromatic heterocycles. The van der Waals surface area contributed by atoms with Gasteiger partial charge in [-0.2, -0.15) is 0 Å². The zero-order chi connectivity index (χ0) is 20.2. The molecule has 1 fully saturated rings. The average Bonchev–Trinajstić information content (AvgIpc) is 3.03. The molecular weight excluding hydrogens is 384 g/mol. The van der Waals surface area contributed by atoms with Gasteiger partial charge in [0.2, 0.25) is 5.91 Å². The van der Waals surface area contributed by atoms with E-state index in [4.69, 9.17) is 4.74 Å². The molecule has 6 heteroatoms. The van der Waals surface area contributed by atoms with Crippen molar-refractivity contribution >= 4 is 23.2 Å². The Hall–Kier alpha value is -2.34. The number of hydrogen-bond acceptors (Lipinski definition) is 4. The summed E-state index contributed by atoms with van der Waals surface area (Å²) in [7, 11) is 1.63. The summed E-state index contributed by atoms with van der Waals surface area (Å²) in [6.45, 7) is 2.40. The van der Waals surface area contributed by atoms with Gasteiger partial charge in [-0.3, -0.25) is 9.59 Å². The molecular formula is C23H28N2O3S. The second-order valence-electron chi connectivity index (χ2n) is 7.82. The van der Waals surface area contributed by atoms with Crippen LogP contribution in [-0.4, -0.2) is 54.9 Å². The summed E-state index contributed by atoms with van der Waals surface area (Å²) in [6, 6.07) is 9.75. The van der Waals surface area contributed by atoms with Crippen molar-refractivity contribution in [3.05, 3.63) is 51.2 Å². The highest BCUT2D eigenvalue weighted by molar-refractivity contribution is 7.14. The minimum absolute atomic E-state index is 0.105. The van der Waals surface area contributed by atoms with Gasteiger partial charge in [-0.25, -0.2) is 0 Å². The van der Waals surface area contributed by atoms with Crippen LogP contribution in [0.1, 0.15) is 44.9 Å². The molecule has 1 aliphatic carbocycles. The molecule has 0 saturated carbocycles. The first-order valence-electron chi connectivity index (χ1n) is 10.5. The van der Waals surface area contributed by atoms with Crippen LogP contribution < -0.4 is 4.74 Å². The van der Waals surface area contributed by atoms with E-state index in [-0.39, 0.29) is 11.8 Å². The number of piperazine rings is 1. The quantitative estimate of drug-likeness (QED) is 0.722. The third-order valence-corrected chi connectivity index (χ3v) is 7.09. The largest absolute Gasteiger partial charge is 0.497 e. The Kier molecular flexibility index (Phi) is 6.19. The number of carbonyl (C=O) groups excluding carboxylic acids is 2. The molecule has 2 amide bonds. The first-order valence-corrected chi connectivity index (χ1v) is 11.3. The number of ether oxygens (including phenoxy) is 1. The molecule has 0 N–H and O–H groups in total. The molecule has 0 bridgehead atoms. The second-order valence-corrected chi connectivity index (χ2v) is 8.96. The molecule has 5 nitrogen and oxygen atoms in total. The molecule has 2 aromatic rings. The number of nitrogens with zero attached hydrogens (tertiary/aromatic N) is 2. The molecule has 4 rings (SSSR count). The molecule has 0 spiro atoms. The summed E-state index contributed by atoms with van der Waals surface area (Å²) >= 11 is 1.68. The highest BCUT2D eigenvalue weighted by Crippen LogP contribution is 2.30. The lowest BCUT2D eigenvalue weighted by Gasteiger charge is -2.34. The minimum atomic E-state index is 0.105. The number of amides is 2. The van der Waals surface area contributed by atoms with Gasteiger partial charge in [0.05, 0.1) is 18.4 Å². The molecule has 1 aliphatic heterocycles. The number of fused-ring (bicyclic) bond motifs is 1. The van der Waals surface area contributed by atoms with Crippen LogP contribution in [0.2, 0.25) is 0 Å². The minimum Gasteiger partial charge on any atom is -0.497 e. The van der Waals surface area contributed by atoms with Crippen LogP contribution in [0.15, 0.2) is 30.3 Å². The SMILES string of the molecule is COc1cccc(CC(=O)N2CCN(C(=O)c3cc4c(s3)CCCCC4)CC2)c1. The zero-order valence-corrected chi connectivity index (χ0v) is 17.8. The van der Waals surface area contributed by atoms with E-state index in [1.807, 2.05) is 34.1 Å². The van der Waals surface area contributed by atoms with Gasteiger partial charge in [-0.1, -0.05) is 18.6 Å². The fraction of sp³-hybridized carbons (Fsp3) is 0.478. The van der Waals surface area contributed by atoms with Crippen LogP contribution in [0.25, 0.3) is 0 Å². The molecule has 2 heterocycles. The monoisotopic (exact) mass is 412 g/mol. The van der Waals surface area contributed by atoms with Crippen LogP contribution in [0.5, 0.6) is 5.75 Å². The Morgan fingerprint density at radius 2 is 1.76 bits per heavy atom. The Labute approximate surface area is 176 Å². The van der Waals surface area contributed by atoms with Crippen LogP contribution >= 0.6 is 11.3 Å². The predicted molar refractivity (Wildman–Crippen MR) is 115 cm³/mol. The maximum atomic E-state index is 13.0. The van der Waals surface area contributed by atoms with Crippen molar-refractivity contribution in [2.75, 3.05) is 33.3 Å². The van der Waals surface area contributed by atoms with E-state index >= 15 is 0 Å². The van der Waals surface area contributed by atoms with Crippen molar-refractivity contribution in [1.82, 2.24) is 9.80 Å². The third kappa shape index (κ3) is 4.64. The first-order chi connectivity index (χ1) is 14.1. The molecule has 0 unspecified atom stereocenters. The Morgan fingerprint density at radius 1 is 1.00 bits per heavy atom. The van der Waals surface area contributed by atoms with E-state index in [9.17, 15) is 9.59 Å². The maximum absolute atomic E-state index is 13.0. The van der Waals surface area contributed by atoms with Crippen molar-refractivity contribution in [3.8, 4) is 5.75 Å². The summed E-state index contributed by atoms with van der Waals surface area (Å²) < 4.78 is 5.23. The van der Waals surface area contributed by atoms with Gasteiger partial charge in [0.25, 0.3) is 5.91 Å². The lowest BCUT2D eigenvalue weighted by Crippen LogP contribution is -2.50. The normalized spacial score (nSPS) is 16.9. The number of rotatable bonds is 4. The molecule has 2 aliphatic rings. The molecule has 1 saturated heterocycles. The fourth-order valence-electron chi connectivity index (χ4n) is 4.16. The van der Waals surface area contributed by atoms with E-state index < -0.39 is 0 Å². The molecule has 0 radical (unpaired) electrons. The van der Waals surface area contributed by atoms with E-state index in [2.05, 4.69) is 6.07 Å². The van der Waals surface area contributed by atoms with E-state index in [0.29, 0.717) is 32.6 Å². The van der Waals surface area contributed by atoms with E-state index in [0.717, 1.165) is 29.0 Å². The van der Waals surface area contributed by atoms with E-state index in [1.54, 1.807) is 18.4 Å². The lowest BCUT2D eigenvalue weighted by atomic mass is 10.1. The van der Waals surface area contributed by atoms with Crippen molar-refractivity contribution < 1.29 is 14.3 Å². The number of aryl methyl sites for hydroxylation is 2. The van der Waals surface area contributed by atoms with E-state index in [1.165, 1.54) is 29.7 Å². The van der Waals surface area contributed by atoms with Crippen molar-refractivity contribution in [3.63, 3.8) is 0 Å². The smallest absolute Gasteiger partial charge is 0.264 e. The Morgan fingerprint density at radius 3 is 2.55 bits per heavy atom. The van der Waals surface area contributed by atoms with Gasteiger partial charge < -0.3 is 14.5 Å². The Balaban J connectivity index is 1.33. The summed E-state index contributed by atoms with van der Waals surface area (Å²) in [4.78, 5) is 31.7. The molecule has 1 aromatic carbocycles. The maximum Gasteiger partial charge on any atom is 0.264 e. The second kappa shape index (κ2) is 8.99. The topological polar surface area (TPSA) is 49.9 Å². The van der Waals surface area contributed by atoms with Gasteiger partial charge in [0, 0.05) is 31.1 Å². The summed E-state index contributed by atoms with van der Waals surface area (Å²) in [5.74, 6) is 0.997. The fourth-order valence-corrected chi connectivity index (χ4v) is 5.38. The zero-order valence-electron chi connectivity index (χ0n) is 17.0. The van der Waals surface area contributed by atoms with Crippen molar-refractivity contribution in [2.24, 2.45) is 0 Å². The highest BCUT2D eigenvalue weighted by Gasteiger charge is 2.26. The van der Waals surface area contributed by atoms with Gasteiger partial charge >= 0.3 is 0 Å². The van der Waals surface area contributed by atoms with Crippen LogP contribution in [0.4, 0.5) is 0 Å². The molecule has 0 atom stereocenters. The standard InChI is InChI=1S/C23H28N2O3S/c1-28-19-8-5-6-17(14-19)15-22(26)24-10-12-25(13-11-24)23(27)21-16-18-7-3-2-4-9-20(18)29-21/h5-6,8,14,16H,2-4,7,9-13,15H2,1H3. The van der Waals surface area contributed by atoms with Crippen LogP contribution in [0.3, 0.4) is 0 Å². The predicted octanol–water partition coefficient (Wildman–Crippen LogP) is 3.55. The van der Waals surface area contributed by atoms with Crippen molar-refractivity contribution in [2.45, 2.75) is 38.5 Å². The van der Waals surface area contributed by atoms with Crippen molar-refractivity contribution in [1.29, 1.82) is 0 Å². The molecule has 29 heavy (non-hydrogen) atoms. The number of benzene rings is 1. The van der Waals surface area contributed by atoms with Gasteiger partial charge in [-0.15, -0.1) is 11.3 Å². The average molecular weight is 413 g/mol. The van der Waals surface area contributed by atoms with Gasteiger partial charge in [0.15, 0.2) is 0 Å². The molecule has 154 valence electrons. The Bertz CT molecular complexity index is 860. The third-order valence-electron chi connectivity index (χ3n) is 5.87. The van der Waals surface area contributed by atoms with Gasteiger partial charge in [0.1, 0.15) is 5.75 Å². The number of methoxy groups -OCH3 is 1. The lowest BCUT2D eigenvalue weighted by molar-refractivity contribution is -0.131. The van der Waals surface area contributed by atoms with Crippen LogP contribution in [-0.2, 0) is 24.1 Å². The first kappa shape index (κ1) is 20.0. The number of thiophene rings is 1. The number of hydrogen-bond donors (Lipinski definition) is 0. The highest BCUT2D eigenvalue weighted by atomic mass is 32.1. The number of carbonyl (C=O) groups is 2. The summed E-state index contributed by atoms with van der Waals surface area (Å²) in [5, 5.41) is 0. The van der Waals surface area contributed by atoms with Crippen LogP contribution in [0, 0.1) is 0 Å². The summed E-state index contributed by atoms with van der Waals surface area (Å²) in [5.41, 5.74) is 2.33. The van der Waals surface area contributed by atoms with Gasteiger partial charge in [-0.05, 0) is 55.0 Å². The summed E-state index contributed by atoms with van der Waals surface area (Å²) in [6.07, 6.45) is 6.32.